The van der Waals surface area contributed by atoms with Crippen molar-refractivity contribution in [3.8, 4) is 6.07 Å². The van der Waals surface area contributed by atoms with E-state index < -0.39 is 23.6 Å². The summed E-state index contributed by atoms with van der Waals surface area (Å²) in [4.78, 5) is 0. The molecule has 1 unspecified atom stereocenters. The normalized spacial score (nSPS) is 13.3. The van der Waals surface area contributed by atoms with Crippen molar-refractivity contribution in [1.82, 2.24) is 0 Å². The van der Waals surface area contributed by atoms with Crippen LogP contribution < -0.4 is 5.73 Å². The van der Waals surface area contributed by atoms with Crippen LogP contribution in [0.5, 0.6) is 0 Å². The maximum Gasteiger partial charge on any atom is 0.407 e. The number of nitriles is 1. The molecular weight excluding hydrogens is 212 g/mol. The lowest BCUT2D eigenvalue weighted by Crippen LogP contribution is -2.28. The Morgan fingerprint density at radius 3 is 2.40 bits per heavy atom. The number of hydrogen-bond donors (Lipinski definition) is 1. The van der Waals surface area contributed by atoms with Crippen LogP contribution >= 0.6 is 0 Å². The number of halogens is 4. The van der Waals surface area contributed by atoms with Gasteiger partial charge in [-0.2, -0.15) is 18.4 Å². The highest BCUT2D eigenvalue weighted by Gasteiger charge is 2.38. The van der Waals surface area contributed by atoms with E-state index in [1.165, 1.54) is 6.07 Å². The summed E-state index contributed by atoms with van der Waals surface area (Å²) in [6.45, 7) is 0. The Hall–Kier alpha value is -1.61. The van der Waals surface area contributed by atoms with Crippen molar-refractivity contribution in [3.63, 3.8) is 0 Å². The first-order valence-corrected chi connectivity index (χ1v) is 3.88. The number of hydrogen-bond acceptors (Lipinski definition) is 2. The molecule has 0 radical (unpaired) electrons. The predicted octanol–water partition coefficient (Wildman–Crippen LogP) is 2.26. The fourth-order valence-electron chi connectivity index (χ4n) is 1.01. The van der Waals surface area contributed by atoms with Gasteiger partial charge in [0.25, 0.3) is 0 Å². The maximum absolute atomic E-state index is 12.8. The summed E-state index contributed by atoms with van der Waals surface area (Å²) in [5.41, 5.74) is 4.10. The molecule has 1 aromatic rings. The van der Waals surface area contributed by atoms with E-state index in [0.717, 1.165) is 18.2 Å². The standard InChI is InChI=1S/C9H6F4N2/c10-7-2-1-5(3-6(7)4-14)8(15)9(11,12)13/h1-3,8H,15H2. The third kappa shape index (κ3) is 2.44. The van der Waals surface area contributed by atoms with Crippen LogP contribution in [0.15, 0.2) is 18.2 Å². The van der Waals surface area contributed by atoms with Gasteiger partial charge >= 0.3 is 6.18 Å². The molecule has 1 atom stereocenters. The summed E-state index contributed by atoms with van der Waals surface area (Å²) in [7, 11) is 0. The predicted molar refractivity (Wildman–Crippen MR) is 44.1 cm³/mol. The van der Waals surface area contributed by atoms with E-state index >= 15 is 0 Å². The third-order valence-electron chi connectivity index (χ3n) is 1.82. The lowest BCUT2D eigenvalue weighted by Gasteiger charge is -2.15. The summed E-state index contributed by atoms with van der Waals surface area (Å²) >= 11 is 0. The van der Waals surface area contributed by atoms with Gasteiger partial charge in [-0.1, -0.05) is 6.07 Å². The molecule has 15 heavy (non-hydrogen) atoms. The van der Waals surface area contributed by atoms with E-state index in [9.17, 15) is 17.6 Å². The number of rotatable bonds is 1. The molecule has 0 saturated heterocycles. The van der Waals surface area contributed by atoms with E-state index in [1.807, 2.05) is 0 Å². The molecule has 0 aliphatic heterocycles. The van der Waals surface area contributed by atoms with E-state index in [1.54, 1.807) is 0 Å². The highest BCUT2D eigenvalue weighted by Crippen LogP contribution is 2.30. The first-order valence-electron chi connectivity index (χ1n) is 3.88. The van der Waals surface area contributed by atoms with Gasteiger partial charge in [0.1, 0.15) is 17.9 Å². The minimum atomic E-state index is -4.61. The topological polar surface area (TPSA) is 49.8 Å². The lowest BCUT2D eigenvalue weighted by molar-refractivity contribution is -0.149. The Kier molecular flexibility index (Phi) is 2.95. The first kappa shape index (κ1) is 11.5. The molecule has 0 spiro atoms. The quantitative estimate of drug-likeness (QED) is 0.735. The molecule has 0 amide bonds. The van der Waals surface area contributed by atoms with Gasteiger partial charge in [-0.15, -0.1) is 0 Å². The van der Waals surface area contributed by atoms with Crippen LogP contribution in [0, 0.1) is 17.1 Å². The summed E-state index contributed by atoms with van der Waals surface area (Å²) in [5, 5.41) is 8.42. The molecule has 0 aliphatic carbocycles. The van der Waals surface area contributed by atoms with Gasteiger partial charge in [0.2, 0.25) is 0 Å². The molecule has 0 aliphatic rings. The van der Waals surface area contributed by atoms with Gasteiger partial charge in [-0.3, -0.25) is 0 Å². The van der Waals surface area contributed by atoms with E-state index in [4.69, 9.17) is 11.0 Å². The van der Waals surface area contributed by atoms with Gasteiger partial charge in [0.05, 0.1) is 5.56 Å². The Morgan fingerprint density at radius 1 is 1.33 bits per heavy atom. The van der Waals surface area contributed by atoms with Gasteiger partial charge in [0.15, 0.2) is 0 Å². The molecule has 0 aromatic heterocycles. The second-order valence-electron chi connectivity index (χ2n) is 2.87. The molecule has 6 heteroatoms. The minimum Gasteiger partial charge on any atom is -0.316 e. The van der Waals surface area contributed by atoms with Crippen LogP contribution in [0.3, 0.4) is 0 Å². The average molecular weight is 218 g/mol. The molecule has 0 saturated carbocycles. The van der Waals surface area contributed by atoms with Crippen molar-refractivity contribution < 1.29 is 17.6 Å². The molecule has 2 N–H and O–H groups in total. The van der Waals surface area contributed by atoms with Crippen molar-refractivity contribution in [1.29, 1.82) is 5.26 Å². The molecule has 0 bridgehead atoms. The van der Waals surface area contributed by atoms with E-state index in [-0.39, 0.29) is 5.56 Å². The fourth-order valence-corrected chi connectivity index (χ4v) is 1.01. The van der Waals surface area contributed by atoms with Crippen molar-refractivity contribution in [3.05, 3.63) is 35.1 Å². The highest BCUT2D eigenvalue weighted by atomic mass is 19.4. The lowest BCUT2D eigenvalue weighted by atomic mass is 10.0. The van der Waals surface area contributed by atoms with Crippen LogP contribution in [0.2, 0.25) is 0 Å². The molecule has 0 heterocycles. The smallest absolute Gasteiger partial charge is 0.316 e. The summed E-state index contributed by atoms with van der Waals surface area (Å²) in [5.74, 6) is -0.865. The van der Waals surface area contributed by atoms with Gasteiger partial charge < -0.3 is 5.73 Å². The van der Waals surface area contributed by atoms with Crippen LogP contribution in [0.4, 0.5) is 17.6 Å². The Balaban J connectivity index is 3.13. The maximum atomic E-state index is 12.8. The Labute approximate surface area is 82.9 Å². The zero-order valence-electron chi connectivity index (χ0n) is 7.35. The molecule has 2 nitrogen and oxygen atoms in total. The monoisotopic (exact) mass is 218 g/mol. The van der Waals surface area contributed by atoms with Gasteiger partial charge in [-0.05, 0) is 17.7 Å². The zero-order chi connectivity index (χ0) is 11.6. The van der Waals surface area contributed by atoms with Crippen molar-refractivity contribution in [2.75, 3.05) is 0 Å². The van der Waals surface area contributed by atoms with Crippen LogP contribution in [0.1, 0.15) is 17.2 Å². The molecule has 0 fully saturated rings. The van der Waals surface area contributed by atoms with Gasteiger partial charge in [0, 0.05) is 0 Å². The largest absolute Gasteiger partial charge is 0.407 e. The first-order chi connectivity index (χ1) is 6.86. The van der Waals surface area contributed by atoms with Crippen molar-refractivity contribution in [2.45, 2.75) is 12.2 Å². The summed E-state index contributed by atoms with van der Waals surface area (Å²) in [6.07, 6.45) is -4.61. The van der Waals surface area contributed by atoms with Crippen molar-refractivity contribution >= 4 is 0 Å². The Morgan fingerprint density at radius 2 is 1.93 bits per heavy atom. The molecule has 80 valence electrons. The summed E-state index contributed by atoms with van der Waals surface area (Å²) < 4.78 is 49.3. The number of alkyl halides is 3. The number of nitrogens with two attached hydrogens (primary N) is 1. The van der Waals surface area contributed by atoms with E-state index in [0.29, 0.717) is 0 Å². The fraction of sp³-hybridized carbons (Fsp3) is 0.222. The molecule has 1 aromatic carbocycles. The van der Waals surface area contributed by atoms with Crippen molar-refractivity contribution in [2.24, 2.45) is 5.73 Å². The zero-order valence-corrected chi connectivity index (χ0v) is 7.35. The van der Waals surface area contributed by atoms with Gasteiger partial charge in [-0.25, -0.2) is 4.39 Å². The Bertz CT molecular complexity index is 406. The SMILES string of the molecule is N#Cc1cc(C(N)C(F)(F)F)ccc1F. The summed E-state index contributed by atoms with van der Waals surface area (Å²) in [6, 6.07) is 1.74. The average Bonchev–Trinajstić information content (AvgIpc) is 2.16. The van der Waals surface area contributed by atoms with Crippen LogP contribution in [-0.2, 0) is 0 Å². The highest BCUT2D eigenvalue weighted by molar-refractivity contribution is 5.36. The molecular formula is C9H6F4N2. The minimum absolute atomic E-state index is 0.333. The van der Waals surface area contributed by atoms with Crippen LogP contribution in [-0.4, -0.2) is 6.18 Å². The van der Waals surface area contributed by atoms with E-state index in [2.05, 4.69) is 0 Å². The second kappa shape index (κ2) is 3.87. The number of benzene rings is 1. The van der Waals surface area contributed by atoms with Crippen LogP contribution in [0.25, 0.3) is 0 Å². The number of nitrogens with zero attached hydrogens (tertiary/aromatic N) is 1. The third-order valence-corrected chi connectivity index (χ3v) is 1.82. The second-order valence-corrected chi connectivity index (χ2v) is 2.87. The molecule has 1 rings (SSSR count).